The monoisotopic (exact) mass is 640 g/mol. The molecule has 1 saturated heterocycles. The number of carbonyl (C=O) groups is 4. The topological polar surface area (TPSA) is 156 Å². The molecule has 248 valence electrons. The van der Waals surface area contributed by atoms with Crippen LogP contribution >= 0.6 is 0 Å². The molecule has 3 aliphatic heterocycles. The lowest BCUT2D eigenvalue weighted by atomic mass is 10.0. The van der Waals surface area contributed by atoms with E-state index < -0.39 is 53.4 Å². The predicted molar refractivity (Wildman–Crippen MR) is 163 cm³/mol. The molecule has 6 rings (SSSR count). The molecule has 5 aliphatic rings. The van der Waals surface area contributed by atoms with Crippen LogP contribution in [0.15, 0.2) is 35.5 Å². The summed E-state index contributed by atoms with van der Waals surface area (Å²) in [7, 11) is 0. The number of oxime groups is 1. The Hall–Kier alpha value is -4.16. The van der Waals surface area contributed by atoms with Crippen molar-refractivity contribution in [1.29, 1.82) is 0 Å². The molecule has 0 unspecified atom stereocenters. The second kappa shape index (κ2) is 13.7. The molecule has 13 heteroatoms. The Kier molecular flexibility index (Phi) is 9.46. The van der Waals surface area contributed by atoms with E-state index >= 15 is 0 Å². The first-order valence-corrected chi connectivity index (χ1v) is 16.4. The van der Waals surface area contributed by atoms with Gasteiger partial charge in [-0.05, 0) is 69.6 Å². The molecular weight excluding hydrogens is 599 g/mol. The van der Waals surface area contributed by atoms with Crippen molar-refractivity contribution in [3.8, 4) is 5.75 Å². The lowest BCUT2D eigenvalue weighted by molar-refractivity contribution is -0.145. The van der Waals surface area contributed by atoms with E-state index in [9.17, 15) is 28.7 Å². The lowest BCUT2D eigenvalue weighted by Crippen LogP contribution is -2.56. The number of amides is 3. The summed E-state index contributed by atoms with van der Waals surface area (Å²) in [4.78, 5) is 60.4. The fraction of sp³-hybridized carbons (Fsp3) is 0.606. The summed E-state index contributed by atoms with van der Waals surface area (Å²) in [5, 5.41) is 19.9. The SMILES string of the molecule is O=C(N[C@H]1CCCCC/C=C\[C@@H]2C[C@]2(C(=O)O)NC(=O)[C@@H]2C[C@@H](O/N=C3\CCOc4ccc(F)cc43)CN2C1=O)OC1CCCC1. The second-order valence-electron chi connectivity index (χ2n) is 12.9. The fourth-order valence-corrected chi connectivity index (χ4v) is 6.95. The molecule has 3 N–H and O–H groups in total. The largest absolute Gasteiger partial charge is 0.492 e. The number of fused-ring (bicyclic) bond motifs is 3. The molecule has 0 bridgehead atoms. The van der Waals surface area contributed by atoms with E-state index in [1.165, 1.54) is 23.1 Å². The minimum Gasteiger partial charge on any atom is -0.492 e. The number of rotatable bonds is 5. The average molecular weight is 641 g/mol. The molecule has 2 saturated carbocycles. The van der Waals surface area contributed by atoms with E-state index in [1.807, 2.05) is 12.2 Å². The van der Waals surface area contributed by atoms with Gasteiger partial charge in [-0.15, -0.1) is 0 Å². The van der Waals surface area contributed by atoms with Gasteiger partial charge in [0.05, 0.1) is 18.9 Å². The smallest absolute Gasteiger partial charge is 0.408 e. The molecule has 0 radical (unpaired) electrons. The first kappa shape index (κ1) is 31.8. The number of ether oxygens (including phenoxy) is 2. The van der Waals surface area contributed by atoms with Gasteiger partial charge in [0.2, 0.25) is 11.8 Å². The van der Waals surface area contributed by atoms with Gasteiger partial charge in [-0.2, -0.15) is 0 Å². The number of carbonyl (C=O) groups excluding carboxylic acids is 3. The van der Waals surface area contributed by atoms with Crippen LogP contribution in [0.2, 0.25) is 0 Å². The number of benzene rings is 1. The van der Waals surface area contributed by atoms with Crippen LogP contribution in [0.1, 0.15) is 82.6 Å². The summed E-state index contributed by atoms with van der Waals surface area (Å²) in [5.41, 5.74) is -0.498. The molecule has 3 fully saturated rings. The van der Waals surface area contributed by atoms with Crippen LogP contribution in [-0.4, -0.2) is 82.6 Å². The highest BCUT2D eigenvalue weighted by molar-refractivity contribution is 6.03. The van der Waals surface area contributed by atoms with Gasteiger partial charge in [0.1, 0.15) is 41.4 Å². The number of allylic oxidation sites excluding steroid dienone is 1. The van der Waals surface area contributed by atoms with Crippen LogP contribution in [0, 0.1) is 11.7 Å². The van der Waals surface area contributed by atoms with Crippen molar-refractivity contribution in [3.05, 3.63) is 41.7 Å². The minimum atomic E-state index is -1.44. The maximum atomic E-state index is 14.1. The van der Waals surface area contributed by atoms with Crippen molar-refractivity contribution in [2.24, 2.45) is 11.1 Å². The number of hydrogen-bond donors (Lipinski definition) is 3. The highest BCUT2D eigenvalue weighted by Gasteiger charge is 2.61. The van der Waals surface area contributed by atoms with Gasteiger partial charge in [0.25, 0.3) is 0 Å². The molecule has 46 heavy (non-hydrogen) atoms. The van der Waals surface area contributed by atoms with Gasteiger partial charge in [-0.25, -0.2) is 14.0 Å². The normalized spacial score (nSPS) is 31.7. The van der Waals surface area contributed by atoms with Gasteiger partial charge < -0.3 is 35.0 Å². The van der Waals surface area contributed by atoms with Crippen molar-refractivity contribution in [2.75, 3.05) is 13.2 Å². The molecular formula is C33H41FN4O8. The van der Waals surface area contributed by atoms with Crippen LogP contribution in [0.4, 0.5) is 9.18 Å². The number of nitrogens with zero attached hydrogens (tertiary/aromatic N) is 2. The van der Waals surface area contributed by atoms with E-state index in [-0.39, 0.29) is 31.4 Å². The molecule has 1 aromatic rings. The Morgan fingerprint density at radius 3 is 2.72 bits per heavy atom. The zero-order valence-electron chi connectivity index (χ0n) is 25.8. The molecule has 3 heterocycles. The predicted octanol–water partition coefficient (Wildman–Crippen LogP) is 3.82. The first-order valence-electron chi connectivity index (χ1n) is 16.4. The van der Waals surface area contributed by atoms with E-state index in [0.29, 0.717) is 42.9 Å². The number of aliphatic carboxylic acids is 1. The number of nitrogens with one attached hydrogen (secondary N) is 2. The maximum absolute atomic E-state index is 14.1. The average Bonchev–Trinajstić information content (AvgIpc) is 3.32. The number of halogens is 1. The number of carboxylic acids is 1. The molecule has 5 atom stereocenters. The maximum Gasteiger partial charge on any atom is 0.408 e. The number of carboxylic acid groups (broad SMARTS) is 1. The van der Waals surface area contributed by atoms with Crippen LogP contribution in [0.3, 0.4) is 0 Å². The Bertz CT molecular complexity index is 1410. The van der Waals surface area contributed by atoms with E-state index in [1.54, 1.807) is 0 Å². The molecule has 2 aliphatic carbocycles. The van der Waals surface area contributed by atoms with Gasteiger partial charge in [0, 0.05) is 24.3 Å². The second-order valence-corrected chi connectivity index (χ2v) is 12.9. The summed E-state index contributed by atoms with van der Waals surface area (Å²) < 4.78 is 25.2. The Labute approximate surface area is 266 Å². The quantitative estimate of drug-likeness (QED) is 0.324. The standard InChI is InChI=1S/C33H41FN4O8/c34-21-12-13-28-24(16-21)25(14-15-44-28)37-46-23-17-27-29(39)36-33(31(41)42)18-20(33)8-4-2-1-3-5-11-26(30(40)38(27)19-23)35-32(43)45-22-9-6-7-10-22/h4,8,12-13,16,20,22-23,26-27H,1-3,5-7,9-11,14-15,17-19H2,(H,35,43)(H,36,39)(H,41,42)/b8-4-,37-25+/t20-,23-,26+,27+,33+/m1/s1. The zero-order valence-corrected chi connectivity index (χ0v) is 25.8. The van der Waals surface area contributed by atoms with Crippen LogP contribution in [-0.2, 0) is 24.0 Å². The number of hydrogen-bond acceptors (Lipinski definition) is 8. The van der Waals surface area contributed by atoms with Crippen LogP contribution in [0.5, 0.6) is 5.75 Å². The van der Waals surface area contributed by atoms with Crippen molar-refractivity contribution in [3.63, 3.8) is 0 Å². The molecule has 12 nitrogen and oxygen atoms in total. The first-order chi connectivity index (χ1) is 22.2. The molecule has 0 spiro atoms. The third-order valence-corrected chi connectivity index (χ3v) is 9.65. The Balaban J connectivity index is 1.24. The van der Waals surface area contributed by atoms with Gasteiger partial charge >= 0.3 is 12.1 Å². The fourth-order valence-electron chi connectivity index (χ4n) is 6.95. The van der Waals surface area contributed by atoms with E-state index in [0.717, 1.165) is 44.9 Å². The summed E-state index contributed by atoms with van der Waals surface area (Å²) in [6, 6.07) is 2.14. The third-order valence-electron chi connectivity index (χ3n) is 9.65. The number of alkyl carbamates (subject to hydrolysis) is 1. The van der Waals surface area contributed by atoms with Crippen molar-refractivity contribution < 1.29 is 43.0 Å². The van der Waals surface area contributed by atoms with Gasteiger partial charge in [0.15, 0.2) is 0 Å². The summed E-state index contributed by atoms with van der Waals surface area (Å²) in [5.74, 6) is -2.52. The third kappa shape index (κ3) is 6.97. The minimum absolute atomic E-state index is 0.0144. The zero-order chi connectivity index (χ0) is 32.3. The molecule has 3 amide bonds. The Morgan fingerprint density at radius 1 is 1.11 bits per heavy atom. The van der Waals surface area contributed by atoms with Crippen molar-refractivity contribution in [1.82, 2.24) is 15.5 Å². The summed E-state index contributed by atoms with van der Waals surface area (Å²) in [6.45, 7) is 0.317. The molecule has 1 aromatic carbocycles. The van der Waals surface area contributed by atoms with Crippen molar-refractivity contribution in [2.45, 2.75) is 107 Å². The van der Waals surface area contributed by atoms with E-state index in [4.69, 9.17) is 14.3 Å². The molecule has 0 aromatic heterocycles. The van der Waals surface area contributed by atoms with Gasteiger partial charge in [-0.3, -0.25) is 9.59 Å². The van der Waals surface area contributed by atoms with Crippen LogP contribution < -0.4 is 15.4 Å². The van der Waals surface area contributed by atoms with Crippen LogP contribution in [0.25, 0.3) is 0 Å². The summed E-state index contributed by atoms with van der Waals surface area (Å²) >= 11 is 0. The summed E-state index contributed by atoms with van der Waals surface area (Å²) in [6.07, 6.45) is 9.85. The highest BCUT2D eigenvalue weighted by Crippen LogP contribution is 2.45. The lowest BCUT2D eigenvalue weighted by Gasteiger charge is -2.29. The van der Waals surface area contributed by atoms with Crippen molar-refractivity contribution >= 4 is 29.6 Å². The highest BCUT2D eigenvalue weighted by atomic mass is 19.1. The Morgan fingerprint density at radius 2 is 1.91 bits per heavy atom. The van der Waals surface area contributed by atoms with E-state index in [2.05, 4.69) is 15.8 Å². The van der Waals surface area contributed by atoms with Gasteiger partial charge in [-0.1, -0.05) is 30.1 Å².